The van der Waals surface area contributed by atoms with E-state index in [1.165, 1.54) is 12.2 Å². The molecule has 1 atom stereocenters. The lowest BCUT2D eigenvalue weighted by Crippen LogP contribution is -2.26. The van der Waals surface area contributed by atoms with Crippen LogP contribution in [0, 0.1) is 3.57 Å². The number of hydrogen-bond acceptors (Lipinski definition) is 4. The third kappa shape index (κ3) is 2.84. The van der Waals surface area contributed by atoms with Crippen molar-refractivity contribution >= 4 is 39.4 Å². The molecular formula is C15H18IN3O3. The SMILES string of the molecule is CON(C)C(=O)c1nn(C2CCCCO2)c2ccc(I)cc12. The van der Waals surface area contributed by atoms with E-state index in [1.807, 2.05) is 22.9 Å². The summed E-state index contributed by atoms with van der Waals surface area (Å²) in [6, 6.07) is 5.97. The van der Waals surface area contributed by atoms with E-state index in [0.29, 0.717) is 5.69 Å². The van der Waals surface area contributed by atoms with Gasteiger partial charge in [0.1, 0.15) is 0 Å². The normalized spacial score (nSPS) is 18.6. The lowest BCUT2D eigenvalue weighted by molar-refractivity contribution is -0.0762. The maximum Gasteiger partial charge on any atom is 0.298 e. The molecule has 2 heterocycles. The van der Waals surface area contributed by atoms with Gasteiger partial charge in [-0.1, -0.05) is 0 Å². The maximum atomic E-state index is 12.5. The zero-order valence-electron chi connectivity index (χ0n) is 12.6. The van der Waals surface area contributed by atoms with Gasteiger partial charge in [-0.15, -0.1) is 0 Å². The minimum Gasteiger partial charge on any atom is -0.356 e. The fraction of sp³-hybridized carbons (Fsp3) is 0.467. The van der Waals surface area contributed by atoms with Gasteiger partial charge in [-0.25, -0.2) is 9.75 Å². The van der Waals surface area contributed by atoms with Gasteiger partial charge in [-0.05, 0) is 60.1 Å². The highest BCUT2D eigenvalue weighted by atomic mass is 127. The van der Waals surface area contributed by atoms with Gasteiger partial charge < -0.3 is 4.74 Å². The van der Waals surface area contributed by atoms with E-state index in [9.17, 15) is 4.79 Å². The molecule has 0 saturated carbocycles. The molecular weight excluding hydrogens is 397 g/mol. The standard InChI is InChI=1S/C15H18IN3O3/c1-18(21-2)15(20)14-11-9-10(16)6-7-12(11)19(17-14)13-5-3-4-8-22-13/h6-7,9,13H,3-5,8H2,1-2H3. The molecule has 7 heteroatoms. The number of carbonyl (C=O) groups excluding carboxylic acids is 1. The van der Waals surface area contributed by atoms with Crippen LogP contribution in [0.15, 0.2) is 18.2 Å². The quantitative estimate of drug-likeness (QED) is 0.572. The second-order valence-electron chi connectivity index (χ2n) is 5.26. The molecule has 22 heavy (non-hydrogen) atoms. The summed E-state index contributed by atoms with van der Waals surface area (Å²) in [6.45, 7) is 0.734. The fourth-order valence-corrected chi connectivity index (χ4v) is 3.13. The van der Waals surface area contributed by atoms with Crippen LogP contribution in [0.1, 0.15) is 36.0 Å². The lowest BCUT2D eigenvalue weighted by Gasteiger charge is -2.23. The number of carbonyl (C=O) groups is 1. The number of ether oxygens (including phenoxy) is 1. The van der Waals surface area contributed by atoms with Crippen LogP contribution in [0.2, 0.25) is 0 Å². The van der Waals surface area contributed by atoms with Gasteiger partial charge >= 0.3 is 0 Å². The highest BCUT2D eigenvalue weighted by Crippen LogP contribution is 2.29. The van der Waals surface area contributed by atoms with Gasteiger partial charge in [0.05, 0.1) is 12.6 Å². The van der Waals surface area contributed by atoms with Crippen molar-refractivity contribution in [3.8, 4) is 0 Å². The monoisotopic (exact) mass is 415 g/mol. The van der Waals surface area contributed by atoms with Crippen LogP contribution in [0.25, 0.3) is 10.9 Å². The molecule has 3 rings (SSSR count). The first-order valence-electron chi connectivity index (χ1n) is 7.23. The van der Waals surface area contributed by atoms with Gasteiger partial charge in [0.15, 0.2) is 11.9 Å². The third-order valence-electron chi connectivity index (χ3n) is 3.86. The first-order valence-corrected chi connectivity index (χ1v) is 8.31. The van der Waals surface area contributed by atoms with Crippen molar-refractivity contribution < 1.29 is 14.4 Å². The largest absolute Gasteiger partial charge is 0.356 e. The van der Waals surface area contributed by atoms with E-state index in [0.717, 1.165) is 40.3 Å². The number of hydroxylamine groups is 2. The molecule has 1 aliphatic heterocycles. The second kappa shape index (κ2) is 6.51. The molecule has 6 nitrogen and oxygen atoms in total. The first-order chi connectivity index (χ1) is 10.6. The molecule has 1 aliphatic rings. The van der Waals surface area contributed by atoms with E-state index in [4.69, 9.17) is 9.57 Å². The van der Waals surface area contributed by atoms with E-state index in [-0.39, 0.29) is 12.1 Å². The van der Waals surface area contributed by atoms with Crippen molar-refractivity contribution in [2.24, 2.45) is 0 Å². The Morgan fingerprint density at radius 1 is 1.50 bits per heavy atom. The Labute approximate surface area is 142 Å². The van der Waals surface area contributed by atoms with Gasteiger partial charge in [-0.3, -0.25) is 9.63 Å². The molecule has 1 aromatic carbocycles. The van der Waals surface area contributed by atoms with Crippen LogP contribution in [-0.4, -0.2) is 41.5 Å². The Bertz CT molecular complexity index is 695. The average Bonchev–Trinajstić information content (AvgIpc) is 2.92. The van der Waals surface area contributed by atoms with E-state index in [1.54, 1.807) is 7.05 Å². The predicted molar refractivity (Wildman–Crippen MR) is 90.4 cm³/mol. The van der Waals surface area contributed by atoms with Crippen molar-refractivity contribution in [2.75, 3.05) is 20.8 Å². The van der Waals surface area contributed by atoms with Crippen molar-refractivity contribution in [2.45, 2.75) is 25.5 Å². The molecule has 2 aromatic rings. The summed E-state index contributed by atoms with van der Waals surface area (Å²) < 4.78 is 8.72. The van der Waals surface area contributed by atoms with E-state index >= 15 is 0 Å². The molecule has 0 aliphatic carbocycles. The number of hydrogen-bond donors (Lipinski definition) is 0. The molecule has 1 aromatic heterocycles. The average molecular weight is 415 g/mol. The number of benzene rings is 1. The molecule has 1 fully saturated rings. The minimum atomic E-state index is -0.260. The number of rotatable bonds is 3. The van der Waals surface area contributed by atoms with Crippen molar-refractivity contribution in [3.05, 3.63) is 27.5 Å². The zero-order valence-corrected chi connectivity index (χ0v) is 14.7. The minimum absolute atomic E-state index is 0.106. The molecule has 0 radical (unpaired) electrons. The molecule has 1 saturated heterocycles. The van der Waals surface area contributed by atoms with E-state index < -0.39 is 0 Å². The summed E-state index contributed by atoms with van der Waals surface area (Å²) >= 11 is 2.23. The summed E-state index contributed by atoms with van der Waals surface area (Å²) in [5, 5.41) is 6.56. The Balaban J connectivity index is 2.11. The van der Waals surface area contributed by atoms with Crippen molar-refractivity contribution in [1.29, 1.82) is 0 Å². The molecule has 0 bridgehead atoms. The number of amides is 1. The lowest BCUT2D eigenvalue weighted by atomic mass is 10.1. The molecule has 0 spiro atoms. The molecule has 1 amide bonds. The van der Waals surface area contributed by atoms with Crippen LogP contribution >= 0.6 is 22.6 Å². The fourth-order valence-electron chi connectivity index (χ4n) is 2.64. The van der Waals surface area contributed by atoms with E-state index in [2.05, 4.69) is 27.7 Å². The Morgan fingerprint density at radius 2 is 2.32 bits per heavy atom. The van der Waals surface area contributed by atoms with Crippen LogP contribution in [0.5, 0.6) is 0 Å². The summed E-state index contributed by atoms with van der Waals surface area (Å²) in [4.78, 5) is 17.5. The zero-order chi connectivity index (χ0) is 15.7. The van der Waals surface area contributed by atoms with Crippen LogP contribution in [0.3, 0.4) is 0 Å². The highest BCUT2D eigenvalue weighted by molar-refractivity contribution is 14.1. The Hall–Kier alpha value is -1.19. The summed E-state index contributed by atoms with van der Waals surface area (Å²) in [6.07, 6.45) is 2.99. The summed E-state index contributed by atoms with van der Waals surface area (Å²) in [5.74, 6) is -0.260. The Morgan fingerprint density at radius 3 is 3.00 bits per heavy atom. The molecule has 0 N–H and O–H groups in total. The Kier molecular flexibility index (Phi) is 4.65. The van der Waals surface area contributed by atoms with Crippen molar-refractivity contribution in [1.82, 2.24) is 14.8 Å². The summed E-state index contributed by atoms with van der Waals surface area (Å²) in [7, 11) is 3.04. The topological polar surface area (TPSA) is 56.6 Å². The molecule has 118 valence electrons. The van der Waals surface area contributed by atoms with Crippen LogP contribution in [-0.2, 0) is 9.57 Å². The molecule has 1 unspecified atom stereocenters. The van der Waals surface area contributed by atoms with Gasteiger partial charge in [-0.2, -0.15) is 5.10 Å². The number of fused-ring (bicyclic) bond motifs is 1. The maximum absolute atomic E-state index is 12.5. The summed E-state index contributed by atoms with van der Waals surface area (Å²) in [5.41, 5.74) is 1.31. The van der Waals surface area contributed by atoms with Gasteiger partial charge in [0.25, 0.3) is 5.91 Å². The third-order valence-corrected chi connectivity index (χ3v) is 4.53. The van der Waals surface area contributed by atoms with Crippen molar-refractivity contribution in [3.63, 3.8) is 0 Å². The van der Waals surface area contributed by atoms with Crippen LogP contribution < -0.4 is 0 Å². The number of nitrogens with zero attached hydrogens (tertiary/aromatic N) is 3. The second-order valence-corrected chi connectivity index (χ2v) is 6.51. The van der Waals surface area contributed by atoms with Gasteiger partial charge in [0.2, 0.25) is 0 Å². The van der Waals surface area contributed by atoms with Crippen LogP contribution in [0.4, 0.5) is 0 Å². The first kappa shape index (κ1) is 15.7. The highest BCUT2D eigenvalue weighted by Gasteiger charge is 2.25. The predicted octanol–water partition coefficient (Wildman–Crippen LogP) is 2.97. The van der Waals surface area contributed by atoms with Gasteiger partial charge in [0, 0.05) is 22.6 Å². The number of aromatic nitrogens is 2. The number of halogens is 1. The smallest absolute Gasteiger partial charge is 0.298 e.